The van der Waals surface area contributed by atoms with E-state index in [4.69, 9.17) is 5.73 Å². The van der Waals surface area contributed by atoms with E-state index in [2.05, 4.69) is 15.9 Å². The number of hydrogen-bond acceptors (Lipinski definition) is 3. The molecule has 0 aliphatic heterocycles. The summed E-state index contributed by atoms with van der Waals surface area (Å²) in [6, 6.07) is 7.58. The normalized spacial score (nSPS) is 12.3. The summed E-state index contributed by atoms with van der Waals surface area (Å²) < 4.78 is 28.1. The first-order valence-corrected chi connectivity index (χ1v) is 8.19. The van der Waals surface area contributed by atoms with Crippen LogP contribution in [0.2, 0.25) is 0 Å². The van der Waals surface area contributed by atoms with Gasteiger partial charge in [0, 0.05) is 31.7 Å². The fourth-order valence-corrected chi connectivity index (χ4v) is 3.16. The van der Waals surface area contributed by atoms with Crippen LogP contribution in [0.4, 0.5) is 0 Å². The summed E-state index contributed by atoms with van der Waals surface area (Å²) in [7, 11) is -0.288. The van der Waals surface area contributed by atoms with E-state index in [1.165, 1.54) is 8.61 Å². The van der Waals surface area contributed by atoms with Gasteiger partial charge in [-0.2, -0.15) is 17.0 Å². The summed E-state index contributed by atoms with van der Waals surface area (Å²) in [6.45, 7) is 1.24. The maximum Gasteiger partial charge on any atom is 0.281 e. The van der Waals surface area contributed by atoms with E-state index in [-0.39, 0.29) is 0 Å². The van der Waals surface area contributed by atoms with Crippen molar-refractivity contribution >= 4 is 26.1 Å². The lowest BCUT2D eigenvalue weighted by Gasteiger charge is -2.24. The van der Waals surface area contributed by atoms with Crippen LogP contribution in [0.3, 0.4) is 0 Å². The monoisotopic (exact) mass is 349 g/mol. The summed E-state index contributed by atoms with van der Waals surface area (Å²) >= 11 is 3.42. The Hall–Kier alpha value is -0.470. The Morgan fingerprint density at radius 3 is 2.42 bits per heavy atom. The number of hydrogen-bond donors (Lipinski definition) is 1. The van der Waals surface area contributed by atoms with Gasteiger partial charge in [-0.25, -0.2) is 0 Å². The van der Waals surface area contributed by atoms with Gasteiger partial charge in [-0.15, -0.1) is 0 Å². The third-order valence-corrected chi connectivity index (χ3v) is 5.48. The first kappa shape index (κ1) is 16.6. The topological polar surface area (TPSA) is 66.6 Å². The van der Waals surface area contributed by atoms with E-state index >= 15 is 0 Å². The highest BCUT2D eigenvalue weighted by Crippen LogP contribution is 2.19. The molecule has 1 aromatic carbocycles. The van der Waals surface area contributed by atoms with Gasteiger partial charge in [0.05, 0.1) is 0 Å². The second-order valence-corrected chi connectivity index (χ2v) is 7.32. The molecule has 1 rings (SSSR count). The van der Waals surface area contributed by atoms with Crippen molar-refractivity contribution in [1.82, 2.24) is 8.61 Å². The Labute approximate surface area is 123 Å². The third kappa shape index (κ3) is 4.54. The average molecular weight is 350 g/mol. The van der Waals surface area contributed by atoms with Gasteiger partial charge in [-0.3, -0.25) is 0 Å². The molecule has 0 saturated carbocycles. The lowest BCUT2D eigenvalue weighted by molar-refractivity contribution is 0.387. The van der Waals surface area contributed by atoms with Crippen LogP contribution in [0.5, 0.6) is 0 Å². The predicted molar refractivity (Wildman–Crippen MR) is 80.8 cm³/mol. The lowest BCUT2D eigenvalue weighted by atomic mass is 10.2. The van der Waals surface area contributed by atoms with Crippen molar-refractivity contribution in [3.05, 3.63) is 34.3 Å². The van der Waals surface area contributed by atoms with Crippen LogP contribution in [0.15, 0.2) is 28.7 Å². The van der Waals surface area contributed by atoms with Crippen molar-refractivity contribution in [2.45, 2.75) is 13.0 Å². The van der Waals surface area contributed by atoms with E-state index in [0.29, 0.717) is 26.1 Å². The lowest BCUT2D eigenvalue weighted by Crippen LogP contribution is -2.40. The van der Waals surface area contributed by atoms with E-state index in [9.17, 15) is 8.42 Å². The summed E-state index contributed by atoms with van der Waals surface area (Å²) in [5.41, 5.74) is 6.33. The molecule has 7 heteroatoms. The molecule has 0 heterocycles. The van der Waals surface area contributed by atoms with Gasteiger partial charge in [0.1, 0.15) is 0 Å². The largest absolute Gasteiger partial charge is 0.330 e. The van der Waals surface area contributed by atoms with Crippen molar-refractivity contribution in [3.8, 4) is 0 Å². The standard InChI is InChI=1S/C12H20BrN3O2S/c1-15(9-5-8-14)19(17,18)16(2)10-11-6-3-4-7-12(11)13/h3-4,6-7H,5,8-10,14H2,1-2H3. The Balaban J connectivity index is 2.76. The van der Waals surface area contributed by atoms with E-state index in [1.807, 2.05) is 24.3 Å². The third-order valence-electron chi connectivity index (χ3n) is 2.82. The second kappa shape index (κ2) is 7.35. The number of nitrogens with zero attached hydrogens (tertiary/aromatic N) is 2. The van der Waals surface area contributed by atoms with Crippen LogP contribution in [-0.2, 0) is 16.8 Å². The first-order valence-electron chi connectivity index (χ1n) is 6.00. The summed E-state index contributed by atoms with van der Waals surface area (Å²) in [6.07, 6.45) is 0.651. The first-order chi connectivity index (χ1) is 8.89. The van der Waals surface area contributed by atoms with Crippen molar-refractivity contribution < 1.29 is 8.42 Å². The predicted octanol–water partition coefficient (Wildman–Crippen LogP) is 1.41. The van der Waals surface area contributed by atoms with Gasteiger partial charge in [-0.05, 0) is 24.6 Å². The zero-order valence-corrected chi connectivity index (χ0v) is 13.6. The highest BCUT2D eigenvalue weighted by molar-refractivity contribution is 9.10. The molecule has 2 N–H and O–H groups in total. The quantitative estimate of drug-likeness (QED) is 0.809. The van der Waals surface area contributed by atoms with Gasteiger partial charge >= 0.3 is 0 Å². The molecule has 19 heavy (non-hydrogen) atoms. The second-order valence-electron chi connectivity index (χ2n) is 4.32. The summed E-state index contributed by atoms with van der Waals surface area (Å²) in [4.78, 5) is 0. The van der Waals surface area contributed by atoms with Gasteiger partial charge in [0.2, 0.25) is 0 Å². The van der Waals surface area contributed by atoms with Gasteiger partial charge in [-0.1, -0.05) is 34.1 Å². The maximum absolute atomic E-state index is 12.2. The average Bonchev–Trinajstić information content (AvgIpc) is 2.38. The number of rotatable bonds is 7. The fourth-order valence-electron chi connectivity index (χ4n) is 1.62. The highest BCUT2D eigenvalue weighted by atomic mass is 79.9. The molecule has 0 aliphatic carbocycles. The van der Waals surface area contributed by atoms with E-state index in [0.717, 1.165) is 10.0 Å². The van der Waals surface area contributed by atoms with Crippen molar-refractivity contribution in [1.29, 1.82) is 0 Å². The zero-order valence-electron chi connectivity index (χ0n) is 11.2. The maximum atomic E-state index is 12.2. The molecule has 0 saturated heterocycles. The Kier molecular flexibility index (Phi) is 6.41. The molecule has 0 radical (unpaired) electrons. The van der Waals surface area contributed by atoms with E-state index in [1.54, 1.807) is 14.1 Å². The van der Waals surface area contributed by atoms with Crippen molar-refractivity contribution in [3.63, 3.8) is 0 Å². The minimum absolute atomic E-state index is 0.330. The van der Waals surface area contributed by atoms with Crippen LogP contribution < -0.4 is 5.73 Å². The molecule has 0 atom stereocenters. The molecule has 5 nitrogen and oxygen atoms in total. The van der Waals surface area contributed by atoms with Crippen LogP contribution >= 0.6 is 15.9 Å². The molecule has 108 valence electrons. The molecule has 0 fully saturated rings. The Bertz CT molecular complexity index is 507. The molecule has 0 amide bonds. The molecule has 1 aromatic rings. The number of halogens is 1. The number of benzene rings is 1. The smallest absolute Gasteiger partial charge is 0.281 e. The highest BCUT2D eigenvalue weighted by Gasteiger charge is 2.23. The SMILES string of the molecule is CN(CCCN)S(=O)(=O)N(C)Cc1ccccc1Br. The molecule has 0 bridgehead atoms. The Morgan fingerprint density at radius 2 is 1.84 bits per heavy atom. The van der Waals surface area contributed by atoms with Gasteiger partial charge in [0.15, 0.2) is 0 Å². The van der Waals surface area contributed by atoms with E-state index < -0.39 is 10.2 Å². The summed E-state index contributed by atoms with van der Waals surface area (Å²) in [5, 5.41) is 0. The fraction of sp³-hybridized carbons (Fsp3) is 0.500. The molecule has 0 spiro atoms. The van der Waals surface area contributed by atoms with Gasteiger partial charge < -0.3 is 5.73 Å². The molecule has 0 aromatic heterocycles. The Morgan fingerprint density at radius 1 is 1.21 bits per heavy atom. The van der Waals surface area contributed by atoms with Crippen LogP contribution in [0.25, 0.3) is 0 Å². The van der Waals surface area contributed by atoms with Gasteiger partial charge in [0.25, 0.3) is 10.2 Å². The van der Waals surface area contributed by atoms with Crippen molar-refractivity contribution in [2.75, 3.05) is 27.2 Å². The minimum Gasteiger partial charge on any atom is -0.330 e. The number of nitrogens with two attached hydrogens (primary N) is 1. The summed E-state index contributed by atoms with van der Waals surface area (Å²) in [5.74, 6) is 0. The van der Waals surface area contributed by atoms with Crippen LogP contribution in [0.1, 0.15) is 12.0 Å². The minimum atomic E-state index is -3.44. The van der Waals surface area contributed by atoms with Crippen molar-refractivity contribution in [2.24, 2.45) is 5.73 Å². The molecular weight excluding hydrogens is 330 g/mol. The zero-order chi connectivity index (χ0) is 14.5. The molecular formula is C12H20BrN3O2S. The van der Waals surface area contributed by atoms with Crippen LogP contribution in [0, 0.1) is 0 Å². The van der Waals surface area contributed by atoms with Crippen LogP contribution in [-0.4, -0.2) is 44.2 Å². The molecule has 0 unspecified atom stereocenters. The molecule has 0 aliphatic rings.